The van der Waals surface area contributed by atoms with Gasteiger partial charge in [0.2, 0.25) is 11.8 Å². The van der Waals surface area contributed by atoms with Crippen LogP contribution in [0.3, 0.4) is 0 Å². The Morgan fingerprint density at radius 1 is 1.18 bits per heavy atom. The molecule has 0 bridgehead atoms. The lowest BCUT2D eigenvalue weighted by Crippen LogP contribution is -2.99. The van der Waals surface area contributed by atoms with Gasteiger partial charge in [-0.2, -0.15) is 10.4 Å². The van der Waals surface area contributed by atoms with Crippen molar-refractivity contribution in [3.05, 3.63) is 54.7 Å². The molecule has 3 saturated carbocycles. The zero-order valence-electron chi connectivity index (χ0n) is 20.4. The molecular weight excluding hydrogens is 484 g/mol. The van der Waals surface area contributed by atoms with Crippen LogP contribution in [0.4, 0.5) is 11.5 Å². The van der Waals surface area contributed by atoms with Crippen LogP contribution in [0, 0.1) is 28.1 Å². The number of methoxy groups -OCH3 is 1. The molecule has 3 aliphatic carbocycles. The molecule has 4 aromatic heterocycles. The van der Waals surface area contributed by atoms with Crippen molar-refractivity contribution >= 4 is 22.9 Å². The number of rotatable bonds is 5. The number of carbonyl (C=O) groups excluding carboxylic acids is 1. The maximum atomic E-state index is 13.4. The number of nitrogens with one attached hydrogen (secondary N) is 1. The van der Waals surface area contributed by atoms with Crippen LogP contribution in [0.5, 0.6) is 11.6 Å². The van der Waals surface area contributed by atoms with Crippen molar-refractivity contribution in [1.82, 2.24) is 24.6 Å². The highest BCUT2D eigenvalue weighted by Crippen LogP contribution is 2.88. The first kappa shape index (κ1) is 21.4. The van der Waals surface area contributed by atoms with Crippen LogP contribution in [-0.2, 0) is 4.79 Å². The summed E-state index contributed by atoms with van der Waals surface area (Å²) < 4.78 is 6.59. The third-order valence-electron chi connectivity index (χ3n) is 9.46. The molecule has 1 aliphatic heterocycles. The molecular formula is C27H22N8O3. The molecule has 5 heterocycles. The lowest BCUT2D eigenvalue weighted by atomic mass is 9.18. The van der Waals surface area contributed by atoms with Gasteiger partial charge in [-0.05, 0) is 37.3 Å². The minimum absolute atomic E-state index is 0.0238. The average Bonchev–Trinajstić information content (AvgIpc) is 3.30. The van der Waals surface area contributed by atoms with Crippen molar-refractivity contribution in [2.75, 3.05) is 17.3 Å². The number of aromatic nitrogens is 5. The fourth-order valence-corrected chi connectivity index (χ4v) is 7.95. The van der Waals surface area contributed by atoms with E-state index in [9.17, 15) is 15.2 Å². The predicted octanol–water partition coefficient (Wildman–Crippen LogP) is 2.77. The number of nitrogens with zero attached hydrogens (tertiary/aromatic N) is 7. The van der Waals surface area contributed by atoms with E-state index in [2.05, 4.69) is 31.4 Å². The molecule has 4 fully saturated rings. The zero-order valence-corrected chi connectivity index (χ0v) is 20.4. The van der Waals surface area contributed by atoms with Gasteiger partial charge in [0.1, 0.15) is 17.6 Å². The van der Waals surface area contributed by atoms with Gasteiger partial charge in [-0.3, -0.25) is 9.78 Å². The number of hydrogen-bond donors (Lipinski definition) is 2. The Hall–Kier alpha value is -4.72. The summed E-state index contributed by atoms with van der Waals surface area (Å²) in [5.74, 6) is 2.00. The molecule has 1 spiro atoms. The van der Waals surface area contributed by atoms with Crippen molar-refractivity contribution in [3.8, 4) is 29.0 Å². The third-order valence-corrected chi connectivity index (χ3v) is 9.46. The van der Waals surface area contributed by atoms with Gasteiger partial charge in [0.05, 0.1) is 66.0 Å². The number of amides is 1. The van der Waals surface area contributed by atoms with E-state index in [1.807, 2.05) is 6.07 Å². The van der Waals surface area contributed by atoms with Gasteiger partial charge in [-0.1, -0.05) is 0 Å². The van der Waals surface area contributed by atoms with E-state index in [0.717, 1.165) is 25.1 Å². The number of nitriles is 1. The molecule has 5 atom stereocenters. The predicted molar refractivity (Wildman–Crippen MR) is 134 cm³/mol. The normalized spacial score (nSPS) is 29.5. The minimum atomic E-state index is -0.322. The van der Waals surface area contributed by atoms with Crippen LogP contribution in [0.25, 0.3) is 16.8 Å². The van der Waals surface area contributed by atoms with Gasteiger partial charge in [-0.25, -0.2) is 14.5 Å². The number of pyridine rings is 2. The largest absolute Gasteiger partial charge is 0.506 e. The molecule has 38 heavy (non-hydrogen) atoms. The van der Waals surface area contributed by atoms with Crippen LogP contribution in [-0.4, -0.2) is 54.8 Å². The van der Waals surface area contributed by atoms with Crippen LogP contribution < -0.4 is 15.0 Å². The van der Waals surface area contributed by atoms with Crippen LogP contribution in [0.2, 0.25) is 0 Å². The van der Waals surface area contributed by atoms with E-state index < -0.39 is 0 Å². The Bertz CT molecular complexity index is 1690. The highest BCUT2D eigenvalue weighted by atomic mass is 16.5. The van der Waals surface area contributed by atoms with Crippen LogP contribution >= 0.6 is 0 Å². The van der Waals surface area contributed by atoms with Gasteiger partial charge >= 0.3 is 0 Å². The van der Waals surface area contributed by atoms with E-state index in [1.165, 1.54) is 16.9 Å². The Balaban J connectivity index is 1.04. The Labute approximate surface area is 216 Å². The van der Waals surface area contributed by atoms with Gasteiger partial charge in [0.25, 0.3) is 0 Å². The van der Waals surface area contributed by atoms with Gasteiger partial charge in [-0.15, -0.1) is 0 Å². The van der Waals surface area contributed by atoms with E-state index in [0.29, 0.717) is 39.8 Å². The molecule has 4 aromatic rings. The van der Waals surface area contributed by atoms with Crippen molar-refractivity contribution in [3.63, 3.8) is 0 Å². The van der Waals surface area contributed by atoms with E-state index >= 15 is 0 Å². The molecule has 1 saturated heterocycles. The number of carbonyl (C=O) groups is 1. The topological polar surface area (TPSA) is 142 Å². The van der Waals surface area contributed by atoms with Gasteiger partial charge in [0.15, 0.2) is 0 Å². The summed E-state index contributed by atoms with van der Waals surface area (Å²) >= 11 is 0. The molecule has 8 rings (SSSR count). The lowest BCUT2D eigenvalue weighted by Gasteiger charge is -2.92. The summed E-state index contributed by atoms with van der Waals surface area (Å²) in [6.45, 7) is 0. The number of fused-ring (bicyclic) bond motifs is 1. The van der Waals surface area contributed by atoms with Crippen molar-refractivity contribution in [2.24, 2.45) is 16.7 Å². The summed E-state index contributed by atoms with van der Waals surface area (Å²) in [6.07, 6.45) is 10.8. The Morgan fingerprint density at radius 3 is 2.76 bits per heavy atom. The monoisotopic (exact) mass is 506 g/mol. The summed E-state index contributed by atoms with van der Waals surface area (Å²) in [4.78, 5) is 29.3. The molecule has 1 amide bonds. The number of aromatic hydroxyl groups is 1. The first-order valence-electron chi connectivity index (χ1n) is 12.5. The fraction of sp³-hybridized carbons (Fsp3) is 0.333. The maximum absolute atomic E-state index is 13.4. The smallest absolute Gasteiger partial charge is 0.231 e. The molecule has 188 valence electrons. The number of ether oxygens (including phenoxy) is 1. The minimum Gasteiger partial charge on any atom is -0.506 e. The van der Waals surface area contributed by atoms with Gasteiger partial charge in [0, 0.05) is 29.1 Å². The second kappa shape index (κ2) is 6.98. The Kier molecular flexibility index (Phi) is 3.92. The molecule has 5 unspecified atom stereocenters. The van der Waals surface area contributed by atoms with Crippen LogP contribution in [0.1, 0.15) is 24.8 Å². The zero-order chi connectivity index (χ0) is 25.8. The van der Waals surface area contributed by atoms with Crippen molar-refractivity contribution in [1.29, 1.82) is 5.26 Å². The van der Waals surface area contributed by atoms with Gasteiger partial charge < -0.3 is 20.1 Å². The molecule has 11 heteroatoms. The fourth-order valence-electron chi connectivity index (χ4n) is 7.95. The molecule has 4 aliphatic rings. The lowest BCUT2D eigenvalue weighted by molar-refractivity contribution is -0.347. The molecule has 11 nitrogen and oxygen atoms in total. The van der Waals surface area contributed by atoms with Crippen molar-refractivity contribution in [2.45, 2.75) is 31.3 Å². The van der Waals surface area contributed by atoms with Crippen LogP contribution in [0.15, 0.2) is 49.2 Å². The second-order valence-electron chi connectivity index (χ2n) is 10.7. The molecule has 2 N–H and O–H groups in total. The third kappa shape index (κ3) is 2.32. The second-order valence-corrected chi connectivity index (χ2v) is 10.7. The van der Waals surface area contributed by atoms with E-state index in [4.69, 9.17) is 9.72 Å². The maximum Gasteiger partial charge on any atom is 0.231 e. The summed E-state index contributed by atoms with van der Waals surface area (Å²) in [5, 5.41) is 26.9. The quantitative estimate of drug-likeness (QED) is 0.418. The highest BCUT2D eigenvalue weighted by molar-refractivity contribution is 5.99. The molecule has 0 radical (unpaired) electrons. The summed E-state index contributed by atoms with van der Waals surface area (Å²) in [7, 11) is 1.56. The Morgan fingerprint density at radius 2 is 2.08 bits per heavy atom. The highest BCUT2D eigenvalue weighted by Gasteiger charge is 2.93. The average molecular weight is 507 g/mol. The molecule has 0 aromatic carbocycles. The number of hydrogen-bond acceptors (Lipinski definition) is 9. The van der Waals surface area contributed by atoms with Crippen molar-refractivity contribution < 1.29 is 14.6 Å². The van der Waals surface area contributed by atoms with E-state index in [-0.39, 0.29) is 34.6 Å². The number of anilines is 2. The summed E-state index contributed by atoms with van der Waals surface area (Å²) in [5.41, 5.74) is 2.51. The first-order chi connectivity index (χ1) is 18.5. The number of piperidine rings is 2. The van der Waals surface area contributed by atoms with E-state index in [1.54, 1.807) is 37.8 Å². The summed E-state index contributed by atoms with van der Waals surface area (Å²) in [6, 6.07) is 7.84. The SMILES string of the molecule is COc1ccc(NC(=O)C23CC4CC5N(c6cnc(-c7cc(O)cn8ncc(C#N)c78)cn6)C(C2)C453)cn1. The standard InChI is InChI=1S/C27H22N8O3/c1-38-23-3-2-16(10-31-23)33-25(37)26-6-15-4-20-27(15,26)21(7-26)35(20)22-12-29-19(11-30-22)18-5-17(36)13-34-24(18)14(8-28)9-32-34/h2-3,5,9-13,15,20-21,36H,4,6-7H2,1H3,(H,33,37). The first-order valence-corrected chi connectivity index (χ1v) is 12.5.